The first-order valence-electron chi connectivity index (χ1n) is 16.0. The standard InChI is InChI=1S/C40H33N5O5S/c1-50-34-23-12-11-18-29(34)24-33(42-38(47)28-16-7-3-8-17-28)39(48)41-30-19-13-22-32(25-30)51-37(27-14-5-2-6-15-27)40(49)43-35-26-36(46)45(44-35)31-20-9-4-10-21-31/h2-25,37H,26H2,1H3,(H,41,48)(H,42,47)(H,43,44,49)/b33-24+. The molecule has 4 amide bonds. The first-order chi connectivity index (χ1) is 24.9. The van der Waals surface area contributed by atoms with Gasteiger partial charge in [0.05, 0.1) is 19.2 Å². The number of para-hydroxylation sites is 2. The number of rotatable bonds is 11. The van der Waals surface area contributed by atoms with Gasteiger partial charge in [-0.1, -0.05) is 91.0 Å². The SMILES string of the molecule is COc1ccccc1/C=C(/NC(=O)c1ccccc1)C(=O)Nc1cccc(SC(C(=O)NC2=NN(c3ccccc3)C(=O)C2)c2ccccc2)c1. The van der Waals surface area contributed by atoms with Crippen LogP contribution in [0.3, 0.4) is 0 Å². The average molecular weight is 696 g/mol. The van der Waals surface area contributed by atoms with Gasteiger partial charge in [0, 0.05) is 21.7 Å². The van der Waals surface area contributed by atoms with Gasteiger partial charge >= 0.3 is 0 Å². The smallest absolute Gasteiger partial charge is 0.272 e. The van der Waals surface area contributed by atoms with Gasteiger partial charge in [-0.05, 0) is 60.2 Å². The number of nitrogens with one attached hydrogen (secondary N) is 3. The summed E-state index contributed by atoms with van der Waals surface area (Å²) in [5, 5.41) is 13.4. The van der Waals surface area contributed by atoms with Crippen LogP contribution >= 0.6 is 11.8 Å². The van der Waals surface area contributed by atoms with Crippen LogP contribution in [0.5, 0.6) is 5.75 Å². The summed E-state index contributed by atoms with van der Waals surface area (Å²) >= 11 is 1.28. The summed E-state index contributed by atoms with van der Waals surface area (Å²) in [6.45, 7) is 0. The molecule has 0 saturated heterocycles. The number of amides is 4. The van der Waals surface area contributed by atoms with E-state index in [1.54, 1.807) is 84.9 Å². The Bertz CT molecular complexity index is 2110. The summed E-state index contributed by atoms with van der Waals surface area (Å²) in [4.78, 5) is 54.1. The lowest BCUT2D eigenvalue weighted by Crippen LogP contribution is -2.33. The molecule has 0 aromatic heterocycles. The number of hydrazone groups is 1. The molecule has 0 bridgehead atoms. The monoisotopic (exact) mass is 695 g/mol. The highest BCUT2D eigenvalue weighted by atomic mass is 32.2. The first-order valence-corrected chi connectivity index (χ1v) is 16.9. The van der Waals surface area contributed by atoms with Crippen LogP contribution in [0.25, 0.3) is 6.08 Å². The molecule has 11 heteroatoms. The van der Waals surface area contributed by atoms with Crippen molar-refractivity contribution >= 4 is 58.7 Å². The van der Waals surface area contributed by atoms with E-state index in [1.165, 1.54) is 23.9 Å². The van der Waals surface area contributed by atoms with Gasteiger partial charge in [-0.3, -0.25) is 19.2 Å². The zero-order valence-electron chi connectivity index (χ0n) is 27.5. The Hall–Kier alpha value is -6.46. The van der Waals surface area contributed by atoms with Gasteiger partial charge in [0.1, 0.15) is 22.5 Å². The number of hydrogen-bond acceptors (Lipinski definition) is 7. The van der Waals surface area contributed by atoms with Crippen LogP contribution in [0.1, 0.15) is 33.2 Å². The summed E-state index contributed by atoms with van der Waals surface area (Å²) in [6, 6.07) is 41.1. The zero-order valence-corrected chi connectivity index (χ0v) is 28.3. The molecule has 1 atom stereocenters. The normalized spacial score (nSPS) is 13.2. The molecule has 0 saturated carbocycles. The van der Waals surface area contributed by atoms with E-state index in [2.05, 4.69) is 21.1 Å². The quantitative estimate of drug-likeness (QED) is 0.103. The minimum Gasteiger partial charge on any atom is -0.496 e. The van der Waals surface area contributed by atoms with Crippen LogP contribution < -0.4 is 25.7 Å². The number of carbonyl (C=O) groups excluding carboxylic acids is 4. The number of nitrogens with zero attached hydrogens (tertiary/aromatic N) is 2. The summed E-state index contributed by atoms with van der Waals surface area (Å²) < 4.78 is 5.46. The van der Waals surface area contributed by atoms with Crippen molar-refractivity contribution in [3.63, 3.8) is 0 Å². The Morgan fingerprint density at radius 2 is 1.47 bits per heavy atom. The summed E-state index contributed by atoms with van der Waals surface area (Å²) in [5.74, 6) is -0.829. The lowest BCUT2D eigenvalue weighted by Gasteiger charge is -2.17. The molecule has 5 aromatic carbocycles. The highest BCUT2D eigenvalue weighted by Crippen LogP contribution is 2.37. The maximum absolute atomic E-state index is 13.8. The van der Waals surface area contributed by atoms with Gasteiger partial charge < -0.3 is 20.7 Å². The molecule has 1 aliphatic rings. The number of hydrogen-bond donors (Lipinski definition) is 3. The Balaban J connectivity index is 1.22. The molecule has 0 spiro atoms. The highest BCUT2D eigenvalue weighted by molar-refractivity contribution is 8.00. The number of anilines is 2. The lowest BCUT2D eigenvalue weighted by molar-refractivity contribution is -0.119. The molecule has 0 aliphatic carbocycles. The van der Waals surface area contributed by atoms with Gasteiger partial charge in [-0.25, -0.2) is 0 Å². The molecule has 5 aromatic rings. The van der Waals surface area contributed by atoms with Crippen molar-refractivity contribution in [1.82, 2.24) is 10.6 Å². The summed E-state index contributed by atoms with van der Waals surface area (Å²) in [5.41, 5.74) is 2.79. The van der Waals surface area contributed by atoms with E-state index < -0.39 is 17.1 Å². The molecular weight excluding hydrogens is 663 g/mol. The molecule has 0 fully saturated rings. The fourth-order valence-corrected chi connectivity index (χ4v) is 6.33. The van der Waals surface area contributed by atoms with Crippen LogP contribution in [0.15, 0.2) is 155 Å². The molecule has 10 nitrogen and oxygen atoms in total. The third kappa shape index (κ3) is 8.77. The number of amidine groups is 1. The van der Waals surface area contributed by atoms with Gasteiger partial charge in [0.25, 0.3) is 17.7 Å². The van der Waals surface area contributed by atoms with Crippen molar-refractivity contribution < 1.29 is 23.9 Å². The van der Waals surface area contributed by atoms with Crippen molar-refractivity contribution in [2.75, 3.05) is 17.4 Å². The fourth-order valence-electron chi connectivity index (χ4n) is 5.24. The Morgan fingerprint density at radius 1 is 0.804 bits per heavy atom. The van der Waals surface area contributed by atoms with Gasteiger partial charge in [-0.2, -0.15) is 10.1 Å². The molecule has 1 unspecified atom stereocenters. The zero-order chi connectivity index (χ0) is 35.6. The summed E-state index contributed by atoms with van der Waals surface area (Å²) in [7, 11) is 1.53. The second kappa shape index (κ2) is 16.3. The molecule has 6 rings (SSSR count). The lowest BCUT2D eigenvalue weighted by atomic mass is 10.1. The van der Waals surface area contributed by atoms with Gasteiger partial charge in [0.2, 0.25) is 5.91 Å². The summed E-state index contributed by atoms with van der Waals surface area (Å²) in [6.07, 6.45) is 1.51. The predicted octanol–water partition coefficient (Wildman–Crippen LogP) is 6.80. The highest BCUT2D eigenvalue weighted by Gasteiger charge is 2.29. The third-order valence-corrected chi connectivity index (χ3v) is 8.95. The van der Waals surface area contributed by atoms with E-state index in [9.17, 15) is 19.2 Å². The second-order valence-electron chi connectivity index (χ2n) is 11.3. The van der Waals surface area contributed by atoms with Crippen molar-refractivity contribution in [2.45, 2.75) is 16.6 Å². The van der Waals surface area contributed by atoms with Crippen LogP contribution in [0, 0.1) is 0 Å². The minimum absolute atomic E-state index is 0.00406. The van der Waals surface area contributed by atoms with Crippen LogP contribution in [-0.4, -0.2) is 36.6 Å². The Kier molecular flexibility index (Phi) is 11.0. The predicted molar refractivity (Wildman–Crippen MR) is 199 cm³/mol. The average Bonchev–Trinajstić information content (AvgIpc) is 3.54. The van der Waals surface area contributed by atoms with Crippen LogP contribution in [-0.2, 0) is 14.4 Å². The molecule has 51 heavy (non-hydrogen) atoms. The van der Waals surface area contributed by atoms with E-state index in [0.717, 1.165) is 5.56 Å². The number of ether oxygens (including phenoxy) is 1. The maximum Gasteiger partial charge on any atom is 0.272 e. The van der Waals surface area contributed by atoms with Crippen LogP contribution in [0.4, 0.5) is 11.4 Å². The molecular formula is C40H33N5O5S. The first kappa shape index (κ1) is 34.4. The van der Waals surface area contributed by atoms with E-state index in [1.807, 2.05) is 60.7 Å². The van der Waals surface area contributed by atoms with Crippen molar-refractivity contribution in [1.29, 1.82) is 0 Å². The third-order valence-electron chi connectivity index (χ3n) is 7.70. The maximum atomic E-state index is 13.8. The van der Waals surface area contributed by atoms with E-state index in [4.69, 9.17) is 4.74 Å². The number of methoxy groups -OCH3 is 1. The topological polar surface area (TPSA) is 129 Å². The van der Waals surface area contributed by atoms with Crippen molar-refractivity contribution in [3.05, 3.63) is 162 Å². The second-order valence-corrected chi connectivity index (χ2v) is 12.4. The van der Waals surface area contributed by atoms with Crippen molar-refractivity contribution in [2.24, 2.45) is 5.10 Å². The molecule has 0 radical (unpaired) electrons. The van der Waals surface area contributed by atoms with Gasteiger partial charge in [0.15, 0.2) is 0 Å². The molecule has 1 heterocycles. The molecule has 254 valence electrons. The van der Waals surface area contributed by atoms with E-state index in [-0.39, 0.29) is 29.8 Å². The van der Waals surface area contributed by atoms with Crippen molar-refractivity contribution in [3.8, 4) is 5.75 Å². The number of thioether (sulfide) groups is 1. The Labute approximate surface area is 299 Å². The minimum atomic E-state index is -0.716. The number of carbonyl (C=O) groups is 4. The molecule has 1 aliphatic heterocycles. The molecule has 3 N–H and O–H groups in total. The fraction of sp³-hybridized carbons (Fsp3) is 0.0750. The van der Waals surface area contributed by atoms with E-state index in [0.29, 0.717) is 33.1 Å². The van der Waals surface area contributed by atoms with E-state index >= 15 is 0 Å². The number of benzene rings is 5. The van der Waals surface area contributed by atoms with Crippen LogP contribution in [0.2, 0.25) is 0 Å². The van der Waals surface area contributed by atoms with Gasteiger partial charge in [-0.15, -0.1) is 11.8 Å². The largest absolute Gasteiger partial charge is 0.496 e. The Morgan fingerprint density at radius 3 is 2.20 bits per heavy atom.